The maximum absolute atomic E-state index is 13.1. The molecule has 1 aromatic heterocycles. The zero-order valence-corrected chi connectivity index (χ0v) is 16.4. The Balaban J connectivity index is 1.81. The van der Waals surface area contributed by atoms with Crippen molar-refractivity contribution in [2.24, 2.45) is 0 Å². The van der Waals surface area contributed by atoms with E-state index < -0.39 is 59.4 Å². The lowest BCUT2D eigenvalue weighted by Crippen LogP contribution is -2.54. The van der Waals surface area contributed by atoms with Crippen LogP contribution in [-0.2, 0) is 4.74 Å². The van der Waals surface area contributed by atoms with Crippen LogP contribution in [0.1, 0.15) is 0 Å². The Morgan fingerprint density at radius 3 is 2.41 bits per heavy atom. The zero-order valence-electron chi connectivity index (χ0n) is 16.4. The monoisotopic (exact) mass is 448 g/mol. The number of aliphatic hydroxyl groups excluding tert-OH is 3. The van der Waals surface area contributed by atoms with E-state index in [-0.39, 0.29) is 34.6 Å². The van der Waals surface area contributed by atoms with E-state index in [4.69, 9.17) is 13.9 Å². The van der Waals surface area contributed by atoms with Gasteiger partial charge >= 0.3 is 0 Å². The molecular weight excluding hydrogens is 428 g/mol. The minimum atomic E-state index is -1.50. The van der Waals surface area contributed by atoms with E-state index >= 15 is 0 Å². The van der Waals surface area contributed by atoms with Crippen LogP contribution >= 0.6 is 0 Å². The van der Waals surface area contributed by atoms with E-state index in [0.29, 0.717) is 0 Å². The van der Waals surface area contributed by atoms with Gasteiger partial charge in [-0.15, -0.1) is 0 Å². The van der Waals surface area contributed by atoms with Crippen molar-refractivity contribution in [1.29, 1.82) is 0 Å². The average Bonchev–Trinajstić information content (AvgIpc) is 2.74. The Morgan fingerprint density at radius 1 is 0.938 bits per heavy atom. The molecule has 0 spiro atoms. The second kappa shape index (κ2) is 8.20. The Kier molecular flexibility index (Phi) is 5.57. The van der Waals surface area contributed by atoms with Gasteiger partial charge in [-0.05, 0) is 18.2 Å². The number of phenolic OH excluding ortho intramolecular Hbond substituents is 4. The summed E-state index contributed by atoms with van der Waals surface area (Å²) in [6, 6.07) is 5.66. The van der Waals surface area contributed by atoms with Gasteiger partial charge in [0.2, 0.25) is 11.2 Å². The van der Waals surface area contributed by atoms with E-state index in [1.807, 2.05) is 0 Å². The van der Waals surface area contributed by atoms with E-state index in [1.54, 1.807) is 0 Å². The third-order valence-corrected chi connectivity index (χ3v) is 5.15. The molecule has 7 N–H and O–H groups in total. The van der Waals surface area contributed by atoms with Crippen LogP contribution in [0, 0.1) is 0 Å². The maximum Gasteiger partial charge on any atom is 0.239 e. The predicted molar refractivity (Wildman–Crippen MR) is 108 cm³/mol. The summed E-state index contributed by atoms with van der Waals surface area (Å²) in [7, 11) is 0. The van der Waals surface area contributed by atoms with E-state index in [9.17, 15) is 40.5 Å². The molecule has 0 radical (unpaired) electrons. The minimum absolute atomic E-state index is 0.123. The molecule has 1 aliphatic heterocycles. The zero-order chi connectivity index (χ0) is 23.2. The maximum atomic E-state index is 13.1. The van der Waals surface area contributed by atoms with Gasteiger partial charge in [-0.2, -0.15) is 0 Å². The molecule has 11 heteroatoms. The molecular formula is C21H20O11. The molecule has 0 aliphatic carbocycles. The van der Waals surface area contributed by atoms with Crippen LogP contribution in [0.2, 0.25) is 0 Å². The number of aromatic hydroxyl groups is 4. The van der Waals surface area contributed by atoms with Gasteiger partial charge in [0.25, 0.3) is 0 Å². The topological polar surface area (TPSA) is 190 Å². The van der Waals surface area contributed by atoms with Crippen molar-refractivity contribution in [1.82, 2.24) is 0 Å². The van der Waals surface area contributed by atoms with Gasteiger partial charge < -0.3 is 49.6 Å². The molecule has 4 rings (SSSR count). The molecule has 0 bridgehead atoms. The molecule has 0 saturated carbocycles. The summed E-state index contributed by atoms with van der Waals surface area (Å²) in [6.07, 6.45) is -5.37. The highest BCUT2D eigenvalue weighted by atomic mass is 16.6. The fourth-order valence-electron chi connectivity index (χ4n) is 3.43. The van der Waals surface area contributed by atoms with Gasteiger partial charge in [-0.1, -0.05) is 0 Å². The molecule has 170 valence electrons. The molecule has 11 nitrogen and oxygen atoms in total. The first-order chi connectivity index (χ1) is 15.2. The van der Waals surface area contributed by atoms with Crippen LogP contribution in [0.4, 0.5) is 0 Å². The average molecular weight is 448 g/mol. The molecule has 4 atom stereocenters. The van der Waals surface area contributed by atoms with Gasteiger partial charge in [-0.3, -0.25) is 4.79 Å². The molecule has 0 unspecified atom stereocenters. The van der Waals surface area contributed by atoms with E-state index in [1.165, 1.54) is 6.07 Å². The Bertz CT molecular complexity index is 1220. The van der Waals surface area contributed by atoms with E-state index in [0.717, 1.165) is 24.3 Å². The summed E-state index contributed by atoms with van der Waals surface area (Å²) in [6.45, 7) is -0.700. The molecule has 2 heterocycles. The number of rotatable bonds is 4. The van der Waals surface area contributed by atoms with Gasteiger partial charge in [0.05, 0.1) is 6.61 Å². The fourth-order valence-corrected chi connectivity index (χ4v) is 3.43. The molecule has 32 heavy (non-hydrogen) atoms. The van der Waals surface area contributed by atoms with Crippen molar-refractivity contribution in [2.45, 2.75) is 24.4 Å². The van der Waals surface area contributed by atoms with Crippen molar-refractivity contribution in [2.75, 3.05) is 13.2 Å². The summed E-state index contributed by atoms with van der Waals surface area (Å²) in [4.78, 5) is 13.1. The highest BCUT2D eigenvalue weighted by molar-refractivity contribution is 5.88. The number of hydrogen-bond acceptors (Lipinski definition) is 11. The highest BCUT2D eigenvalue weighted by Crippen LogP contribution is 2.38. The van der Waals surface area contributed by atoms with E-state index in [2.05, 4.69) is 0 Å². The quantitative estimate of drug-likeness (QED) is 0.269. The second-order valence-corrected chi connectivity index (χ2v) is 7.36. The van der Waals surface area contributed by atoms with Crippen LogP contribution in [0.15, 0.2) is 39.5 Å². The Hall–Kier alpha value is -3.51. The molecule has 3 aromatic rings. The fraction of sp³-hybridized carbons (Fsp3) is 0.286. The number of phenols is 4. The van der Waals surface area contributed by atoms with Crippen molar-refractivity contribution < 1.29 is 49.6 Å². The number of benzene rings is 2. The van der Waals surface area contributed by atoms with Crippen molar-refractivity contribution in [3.8, 4) is 40.1 Å². The van der Waals surface area contributed by atoms with Crippen molar-refractivity contribution in [3.63, 3.8) is 0 Å². The van der Waals surface area contributed by atoms with Gasteiger partial charge in [0, 0.05) is 17.7 Å². The summed E-state index contributed by atoms with van der Waals surface area (Å²) in [5, 5.41) is 68.6. The molecule has 1 fully saturated rings. The smallest absolute Gasteiger partial charge is 0.239 e. The van der Waals surface area contributed by atoms with Crippen LogP contribution in [0.3, 0.4) is 0 Å². The third kappa shape index (κ3) is 3.78. The molecule has 1 aliphatic rings. The number of fused-ring (bicyclic) bond motifs is 1. The molecule has 2 aromatic carbocycles. The lowest BCUT2D eigenvalue weighted by atomic mass is 10.0. The highest BCUT2D eigenvalue weighted by Gasteiger charge is 2.38. The molecule has 0 amide bonds. The van der Waals surface area contributed by atoms with Crippen molar-refractivity contribution in [3.05, 3.63) is 40.6 Å². The summed E-state index contributed by atoms with van der Waals surface area (Å²) >= 11 is 0. The summed E-state index contributed by atoms with van der Waals surface area (Å²) in [5.74, 6) is -2.46. The predicted octanol–water partition coefficient (Wildman–Crippen LogP) is 0.143. The Morgan fingerprint density at radius 2 is 1.69 bits per heavy atom. The van der Waals surface area contributed by atoms with Crippen LogP contribution in [0.25, 0.3) is 22.3 Å². The first-order valence-corrected chi connectivity index (χ1v) is 9.51. The lowest BCUT2D eigenvalue weighted by molar-refractivity contribution is -0.193. The number of ether oxygens (including phenoxy) is 2. The van der Waals surface area contributed by atoms with Gasteiger partial charge in [0.15, 0.2) is 17.3 Å². The van der Waals surface area contributed by atoms with Crippen LogP contribution in [0.5, 0.6) is 28.7 Å². The summed E-state index contributed by atoms with van der Waals surface area (Å²) in [5.41, 5.74) is -0.871. The van der Waals surface area contributed by atoms with Crippen LogP contribution < -0.4 is 10.2 Å². The SMILES string of the molecule is O=c1c(OC[C@@H]2OC[C@H](O)[C@H](O)[C@H]2O)c(-c2ccc(O)c(O)c2)oc2cc(O)cc(O)c12. The van der Waals surface area contributed by atoms with Crippen LogP contribution in [-0.4, -0.2) is 73.4 Å². The molecule has 1 saturated heterocycles. The Labute approximate surface area is 179 Å². The normalized spacial score (nSPS) is 23.3. The first kappa shape index (κ1) is 21.7. The largest absolute Gasteiger partial charge is 0.508 e. The standard InChI is InChI=1S/C21H20O11/c22-9-4-12(25)16-14(5-9)32-20(8-1-2-10(23)11(24)3-8)21(19(16)29)31-7-15-18(28)17(27)13(26)6-30-15/h1-5,13,15,17-18,22-28H,6-7H2/t13-,15-,17-,18-/m0/s1. The minimum Gasteiger partial charge on any atom is -0.508 e. The van der Waals surface area contributed by atoms with Crippen molar-refractivity contribution >= 4 is 11.0 Å². The second-order valence-electron chi connectivity index (χ2n) is 7.36. The van der Waals surface area contributed by atoms with Gasteiger partial charge in [0.1, 0.15) is 53.5 Å². The summed E-state index contributed by atoms with van der Waals surface area (Å²) < 4.78 is 16.5. The first-order valence-electron chi connectivity index (χ1n) is 9.51. The number of hydrogen-bond donors (Lipinski definition) is 7. The van der Waals surface area contributed by atoms with Gasteiger partial charge in [-0.25, -0.2) is 0 Å². The number of aliphatic hydroxyl groups is 3. The third-order valence-electron chi connectivity index (χ3n) is 5.15. The lowest BCUT2D eigenvalue weighted by Gasteiger charge is -2.35.